The Kier molecular flexibility index (Phi) is 3.38. The zero-order valence-corrected chi connectivity index (χ0v) is 11.1. The van der Waals surface area contributed by atoms with Crippen LogP contribution in [0.15, 0.2) is 22.7 Å². The number of benzene rings is 1. The van der Waals surface area contributed by atoms with Gasteiger partial charge in [0.15, 0.2) is 0 Å². The Balaban J connectivity index is 2.56. The Hall–Kier alpha value is -1.49. The molecule has 0 aliphatic carbocycles. The van der Waals surface area contributed by atoms with E-state index in [4.69, 9.17) is 4.74 Å². The standard InChI is InChI=1S/C12H11BrN2O2/c1-3-17-12(16)11-14-7(2)9-6-8(13)4-5-10(9)15-11/h4-6H,3H2,1-2H3. The minimum absolute atomic E-state index is 0.110. The van der Waals surface area contributed by atoms with Gasteiger partial charge in [-0.2, -0.15) is 0 Å². The van der Waals surface area contributed by atoms with E-state index in [9.17, 15) is 4.79 Å². The van der Waals surface area contributed by atoms with Gasteiger partial charge in [0, 0.05) is 15.6 Å². The largest absolute Gasteiger partial charge is 0.460 e. The molecule has 4 nitrogen and oxygen atoms in total. The third-order valence-electron chi connectivity index (χ3n) is 2.31. The number of hydrogen-bond acceptors (Lipinski definition) is 4. The Morgan fingerprint density at radius 3 is 2.88 bits per heavy atom. The lowest BCUT2D eigenvalue weighted by Gasteiger charge is -2.05. The first kappa shape index (κ1) is 12.0. The minimum Gasteiger partial charge on any atom is -0.460 e. The molecule has 0 aliphatic heterocycles. The molecule has 0 atom stereocenters. The summed E-state index contributed by atoms with van der Waals surface area (Å²) in [7, 11) is 0. The summed E-state index contributed by atoms with van der Waals surface area (Å²) in [5.41, 5.74) is 1.50. The third-order valence-corrected chi connectivity index (χ3v) is 2.80. The lowest BCUT2D eigenvalue weighted by molar-refractivity contribution is 0.0512. The van der Waals surface area contributed by atoms with Crippen LogP contribution in [0, 0.1) is 6.92 Å². The normalized spacial score (nSPS) is 10.5. The van der Waals surface area contributed by atoms with Gasteiger partial charge in [-0.05, 0) is 32.0 Å². The second kappa shape index (κ2) is 4.79. The molecular weight excluding hydrogens is 284 g/mol. The van der Waals surface area contributed by atoms with Gasteiger partial charge >= 0.3 is 5.97 Å². The molecule has 0 amide bonds. The number of halogens is 1. The molecular formula is C12H11BrN2O2. The summed E-state index contributed by atoms with van der Waals surface area (Å²) in [6, 6.07) is 5.65. The fourth-order valence-corrected chi connectivity index (χ4v) is 1.90. The lowest BCUT2D eigenvalue weighted by atomic mass is 10.2. The van der Waals surface area contributed by atoms with Crippen LogP contribution in [0.3, 0.4) is 0 Å². The van der Waals surface area contributed by atoms with Gasteiger partial charge in [-0.15, -0.1) is 0 Å². The molecule has 1 aromatic carbocycles. The summed E-state index contributed by atoms with van der Waals surface area (Å²) in [4.78, 5) is 19.9. The van der Waals surface area contributed by atoms with Crippen molar-refractivity contribution in [3.05, 3.63) is 34.2 Å². The smallest absolute Gasteiger partial charge is 0.376 e. The zero-order chi connectivity index (χ0) is 12.4. The molecule has 0 radical (unpaired) electrons. The van der Waals surface area contributed by atoms with Crippen molar-refractivity contribution in [3.63, 3.8) is 0 Å². The Morgan fingerprint density at radius 2 is 2.18 bits per heavy atom. The Morgan fingerprint density at radius 1 is 1.41 bits per heavy atom. The molecule has 0 bridgehead atoms. The molecule has 0 aliphatic rings. The van der Waals surface area contributed by atoms with Crippen LogP contribution in [0.1, 0.15) is 23.2 Å². The van der Waals surface area contributed by atoms with E-state index < -0.39 is 5.97 Å². The van der Waals surface area contributed by atoms with Gasteiger partial charge in [0.1, 0.15) is 0 Å². The quantitative estimate of drug-likeness (QED) is 0.799. The second-order valence-corrected chi connectivity index (χ2v) is 4.43. The number of esters is 1. The number of fused-ring (bicyclic) bond motifs is 1. The van der Waals surface area contributed by atoms with E-state index in [1.54, 1.807) is 6.92 Å². The number of ether oxygens (including phenoxy) is 1. The van der Waals surface area contributed by atoms with E-state index in [1.807, 2.05) is 25.1 Å². The van der Waals surface area contributed by atoms with Crippen molar-refractivity contribution in [2.75, 3.05) is 6.61 Å². The summed E-state index contributed by atoms with van der Waals surface area (Å²) < 4.78 is 5.84. The van der Waals surface area contributed by atoms with Gasteiger partial charge in [0.2, 0.25) is 5.82 Å². The number of hydrogen-bond donors (Lipinski definition) is 0. The SMILES string of the molecule is CCOC(=O)c1nc(C)c2cc(Br)ccc2n1. The number of carbonyl (C=O) groups is 1. The second-order valence-electron chi connectivity index (χ2n) is 3.51. The van der Waals surface area contributed by atoms with Crippen LogP contribution in [0.2, 0.25) is 0 Å². The first-order valence-corrected chi connectivity index (χ1v) is 6.02. The number of aryl methyl sites for hydroxylation is 1. The maximum Gasteiger partial charge on any atom is 0.376 e. The molecule has 0 N–H and O–H groups in total. The van der Waals surface area contributed by atoms with Crippen molar-refractivity contribution in [2.45, 2.75) is 13.8 Å². The van der Waals surface area contributed by atoms with Gasteiger partial charge in [-0.25, -0.2) is 14.8 Å². The molecule has 2 rings (SSSR count). The van der Waals surface area contributed by atoms with Crippen LogP contribution in [-0.2, 0) is 4.74 Å². The van der Waals surface area contributed by atoms with Gasteiger partial charge in [-0.1, -0.05) is 15.9 Å². The Bertz CT molecular complexity index is 584. The average molecular weight is 295 g/mol. The first-order chi connectivity index (χ1) is 8.11. The van der Waals surface area contributed by atoms with Gasteiger partial charge < -0.3 is 4.74 Å². The van der Waals surface area contributed by atoms with Gasteiger partial charge in [0.25, 0.3) is 0 Å². The van der Waals surface area contributed by atoms with E-state index in [2.05, 4.69) is 25.9 Å². The van der Waals surface area contributed by atoms with Crippen molar-refractivity contribution in [3.8, 4) is 0 Å². The lowest BCUT2D eigenvalue weighted by Crippen LogP contribution is -2.10. The Labute approximate surface area is 107 Å². The molecule has 0 unspecified atom stereocenters. The molecule has 17 heavy (non-hydrogen) atoms. The van der Waals surface area contributed by atoms with E-state index in [1.165, 1.54) is 0 Å². The summed E-state index contributed by atoms with van der Waals surface area (Å²) >= 11 is 3.39. The van der Waals surface area contributed by atoms with Crippen LogP contribution in [-0.4, -0.2) is 22.5 Å². The fourth-order valence-electron chi connectivity index (χ4n) is 1.54. The predicted octanol–water partition coefficient (Wildman–Crippen LogP) is 2.88. The molecule has 0 saturated heterocycles. The number of aromatic nitrogens is 2. The molecule has 88 valence electrons. The van der Waals surface area contributed by atoms with Crippen molar-refractivity contribution >= 4 is 32.8 Å². The monoisotopic (exact) mass is 294 g/mol. The highest BCUT2D eigenvalue weighted by Gasteiger charge is 2.13. The van der Waals surface area contributed by atoms with Gasteiger partial charge in [-0.3, -0.25) is 0 Å². The number of nitrogens with zero attached hydrogens (tertiary/aromatic N) is 2. The van der Waals surface area contributed by atoms with E-state index in [0.717, 1.165) is 21.1 Å². The van der Waals surface area contributed by atoms with E-state index in [0.29, 0.717) is 6.61 Å². The topological polar surface area (TPSA) is 52.1 Å². The molecule has 1 heterocycles. The summed E-state index contributed by atoms with van der Waals surface area (Å²) in [6.45, 7) is 3.92. The van der Waals surface area contributed by atoms with E-state index in [-0.39, 0.29) is 5.82 Å². The van der Waals surface area contributed by atoms with Crippen LogP contribution < -0.4 is 0 Å². The molecule has 0 saturated carbocycles. The maximum absolute atomic E-state index is 11.6. The summed E-state index contributed by atoms with van der Waals surface area (Å²) in [5.74, 6) is -0.375. The van der Waals surface area contributed by atoms with Crippen LogP contribution >= 0.6 is 15.9 Å². The fraction of sp³-hybridized carbons (Fsp3) is 0.250. The van der Waals surface area contributed by atoms with Crippen LogP contribution in [0.25, 0.3) is 10.9 Å². The van der Waals surface area contributed by atoms with Crippen LogP contribution in [0.4, 0.5) is 0 Å². The van der Waals surface area contributed by atoms with Crippen molar-refractivity contribution in [2.24, 2.45) is 0 Å². The molecule has 0 fully saturated rings. The molecule has 2 aromatic rings. The van der Waals surface area contributed by atoms with E-state index >= 15 is 0 Å². The average Bonchev–Trinajstić information content (AvgIpc) is 2.30. The molecule has 1 aromatic heterocycles. The molecule has 0 spiro atoms. The predicted molar refractivity (Wildman–Crippen MR) is 67.9 cm³/mol. The molecule has 5 heteroatoms. The first-order valence-electron chi connectivity index (χ1n) is 5.23. The summed E-state index contributed by atoms with van der Waals surface area (Å²) in [5, 5.41) is 0.924. The van der Waals surface area contributed by atoms with Crippen molar-refractivity contribution in [1.29, 1.82) is 0 Å². The highest BCUT2D eigenvalue weighted by Crippen LogP contribution is 2.20. The van der Waals surface area contributed by atoms with Crippen molar-refractivity contribution in [1.82, 2.24) is 9.97 Å². The number of carbonyl (C=O) groups excluding carboxylic acids is 1. The summed E-state index contributed by atoms with van der Waals surface area (Å²) in [6.07, 6.45) is 0. The maximum atomic E-state index is 11.6. The number of rotatable bonds is 2. The highest BCUT2D eigenvalue weighted by molar-refractivity contribution is 9.10. The zero-order valence-electron chi connectivity index (χ0n) is 9.53. The third kappa shape index (κ3) is 2.44. The minimum atomic E-state index is -0.486. The highest BCUT2D eigenvalue weighted by atomic mass is 79.9. The van der Waals surface area contributed by atoms with Crippen LogP contribution in [0.5, 0.6) is 0 Å². The van der Waals surface area contributed by atoms with Gasteiger partial charge in [0.05, 0.1) is 12.1 Å². The van der Waals surface area contributed by atoms with Crippen molar-refractivity contribution < 1.29 is 9.53 Å².